The minimum Gasteiger partial charge on any atom is -0.338 e. The van der Waals surface area contributed by atoms with E-state index in [0.29, 0.717) is 44.7 Å². The molecule has 2 aliphatic rings. The number of benzene rings is 3. The Kier molecular flexibility index (Phi) is 6.12. The SMILES string of the molecule is O=C(c1cc(Cc2nncc3ccccc23)ccc1F)N1CC2CN(Cc3ccc(F)cc3F)CC2C1. The summed E-state index contributed by atoms with van der Waals surface area (Å²) in [5.74, 6) is -1.50. The van der Waals surface area contributed by atoms with E-state index in [1.165, 1.54) is 18.2 Å². The van der Waals surface area contributed by atoms with Crippen molar-refractivity contribution in [1.82, 2.24) is 20.0 Å². The van der Waals surface area contributed by atoms with Gasteiger partial charge in [-0.05, 0) is 35.6 Å². The summed E-state index contributed by atoms with van der Waals surface area (Å²) in [4.78, 5) is 17.2. The third kappa shape index (κ3) is 4.69. The average molecular weight is 503 g/mol. The van der Waals surface area contributed by atoms with Crippen molar-refractivity contribution >= 4 is 16.7 Å². The highest BCUT2D eigenvalue weighted by atomic mass is 19.1. The molecule has 0 aliphatic carbocycles. The number of aromatic nitrogens is 2. The van der Waals surface area contributed by atoms with Crippen LogP contribution in [0.3, 0.4) is 0 Å². The fraction of sp³-hybridized carbons (Fsp3) is 0.276. The van der Waals surface area contributed by atoms with Gasteiger partial charge >= 0.3 is 0 Å². The van der Waals surface area contributed by atoms with Crippen molar-refractivity contribution in [1.29, 1.82) is 0 Å². The molecular weight excluding hydrogens is 477 g/mol. The van der Waals surface area contributed by atoms with Gasteiger partial charge in [0.05, 0.1) is 17.5 Å². The van der Waals surface area contributed by atoms with E-state index in [4.69, 9.17) is 0 Å². The minimum atomic E-state index is -0.588. The van der Waals surface area contributed by atoms with E-state index in [1.54, 1.807) is 23.2 Å². The number of rotatable bonds is 5. The Bertz CT molecular complexity index is 1470. The molecule has 5 nitrogen and oxygen atoms in total. The Balaban J connectivity index is 1.13. The van der Waals surface area contributed by atoms with E-state index >= 15 is 0 Å². The van der Waals surface area contributed by atoms with E-state index in [1.807, 2.05) is 24.3 Å². The zero-order chi connectivity index (χ0) is 25.5. The summed E-state index contributed by atoms with van der Waals surface area (Å²) in [7, 11) is 0. The summed E-state index contributed by atoms with van der Waals surface area (Å²) in [5, 5.41) is 10.3. The number of nitrogens with zero attached hydrogens (tertiary/aromatic N) is 4. The van der Waals surface area contributed by atoms with Gasteiger partial charge in [0.25, 0.3) is 5.91 Å². The third-order valence-corrected chi connectivity index (χ3v) is 7.54. The summed E-state index contributed by atoms with van der Waals surface area (Å²) in [6.45, 7) is 2.90. The summed E-state index contributed by atoms with van der Waals surface area (Å²) in [5.41, 5.74) is 2.10. The van der Waals surface area contributed by atoms with Crippen molar-refractivity contribution in [2.45, 2.75) is 13.0 Å². The lowest BCUT2D eigenvalue weighted by Crippen LogP contribution is -2.33. The molecule has 2 saturated heterocycles. The number of carbonyl (C=O) groups is 1. The second kappa shape index (κ2) is 9.59. The standard InChI is InChI=1S/C29H25F3N4O/c30-23-7-6-20(27(32)11-23)13-35-14-21-16-36(17-22(21)15-35)29(37)25-9-18(5-8-26(25)31)10-28-24-4-2-1-3-19(24)12-33-34-28/h1-9,11-12,21-22H,10,13-17H2. The molecule has 0 spiro atoms. The number of amides is 1. The van der Waals surface area contributed by atoms with E-state index in [-0.39, 0.29) is 23.3 Å². The quantitative estimate of drug-likeness (QED) is 0.392. The Morgan fingerprint density at radius 1 is 0.892 bits per heavy atom. The predicted molar refractivity (Wildman–Crippen MR) is 133 cm³/mol. The van der Waals surface area contributed by atoms with Crippen molar-refractivity contribution in [3.8, 4) is 0 Å². The monoisotopic (exact) mass is 502 g/mol. The highest BCUT2D eigenvalue weighted by molar-refractivity contribution is 5.95. The Labute approximate surface area is 212 Å². The van der Waals surface area contributed by atoms with Crippen molar-refractivity contribution in [3.05, 3.63) is 107 Å². The highest BCUT2D eigenvalue weighted by Gasteiger charge is 2.42. The summed E-state index contributed by atoms with van der Waals surface area (Å²) < 4.78 is 42.1. The topological polar surface area (TPSA) is 49.3 Å². The molecular formula is C29H25F3N4O. The first-order chi connectivity index (χ1) is 17.9. The number of carbonyl (C=O) groups excluding carboxylic acids is 1. The van der Waals surface area contributed by atoms with Crippen molar-refractivity contribution < 1.29 is 18.0 Å². The molecule has 0 saturated carbocycles. The molecule has 0 bridgehead atoms. The zero-order valence-corrected chi connectivity index (χ0v) is 20.1. The molecule has 6 rings (SSSR count). The van der Waals surface area contributed by atoms with Crippen LogP contribution in [0.4, 0.5) is 13.2 Å². The first-order valence-corrected chi connectivity index (χ1v) is 12.4. The third-order valence-electron chi connectivity index (χ3n) is 7.54. The minimum absolute atomic E-state index is 0.0657. The van der Waals surface area contributed by atoms with Gasteiger partial charge in [-0.2, -0.15) is 10.2 Å². The molecule has 37 heavy (non-hydrogen) atoms. The van der Waals surface area contributed by atoms with Gasteiger partial charge in [0, 0.05) is 61.5 Å². The van der Waals surface area contributed by atoms with Crippen LogP contribution in [0.15, 0.2) is 66.9 Å². The van der Waals surface area contributed by atoms with E-state index < -0.39 is 17.5 Å². The fourth-order valence-electron chi connectivity index (χ4n) is 5.70. The Hall–Kier alpha value is -3.78. The van der Waals surface area contributed by atoms with Crippen LogP contribution in [0.1, 0.15) is 27.2 Å². The Morgan fingerprint density at radius 2 is 1.68 bits per heavy atom. The number of likely N-dealkylation sites (tertiary alicyclic amines) is 2. The lowest BCUT2D eigenvalue weighted by Gasteiger charge is -2.22. The second-order valence-electron chi connectivity index (χ2n) is 10.0. The van der Waals surface area contributed by atoms with Crippen molar-refractivity contribution in [3.63, 3.8) is 0 Å². The molecule has 2 atom stereocenters. The van der Waals surface area contributed by atoms with Gasteiger partial charge in [-0.1, -0.05) is 36.4 Å². The molecule has 2 unspecified atom stereocenters. The molecule has 188 valence electrons. The van der Waals surface area contributed by atoms with Crippen LogP contribution in [0.25, 0.3) is 10.8 Å². The number of hydrogen-bond acceptors (Lipinski definition) is 4. The van der Waals surface area contributed by atoms with Crippen molar-refractivity contribution in [2.24, 2.45) is 11.8 Å². The first-order valence-electron chi connectivity index (χ1n) is 12.4. The molecule has 0 radical (unpaired) electrons. The van der Waals surface area contributed by atoms with Crippen LogP contribution in [0, 0.1) is 29.3 Å². The van der Waals surface area contributed by atoms with Gasteiger partial charge in [0.15, 0.2) is 0 Å². The molecule has 2 fully saturated rings. The largest absolute Gasteiger partial charge is 0.338 e. The summed E-state index contributed by atoms with van der Waals surface area (Å²) >= 11 is 0. The van der Waals surface area contributed by atoms with Gasteiger partial charge in [-0.25, -0.2) is 13.2 Å². The fourth-order valence-corrected chi connectivity index (χ4v) is 5.70. The van der Waals surface area contributed by atoms with Crippen molar-refractivity contribution in [2.75, 3.05) is 26.2 Å². The van der Waals surface area contributed by atoms with E-state index in [2.05, 4.69) is 15.1 Å². The predicted octanol–water partition coefficient (Wildman–Crippen LogP) is 4.84. The first kappa shape index (κ1) is 23.6. The van der Waals surface area contributed by atoms with E-state index in [0.717, 1.165) is 28.1 Å². The van der Waals surface area contributed by atoms with Crippen LogP contribution in [-0.2, 0) is 13.0 Å². The van der Waals surface area contributed by atoms with E-state index in [9.17, 15) is 18.0 Å². The normalized spacial score (nSPS) is 19.5. The van der Waals surface area contributed by atoms with Gasteiger partial charge in [-0.3, -0.25) is 9.69 Å². The maximum Gasteiger partial charge on any atom is 0.256 e. The summed E-state index contributed by atoms with van der Waals surface area (Å²) in [6, 6.07) is 16.1. The zero-order valence-electron chi connectivity index (χ0n) is 20.1. The van der Waals surface area contributed by atoms with Crippen LogP contribution in [0.2, 0.25) is 0 Å². The smallest absolute Gasteiger partial charge is 0.256 e. The van der Waals surface area contributed by atoms with Crippen LogP contribution in [0.5, 0.6) is 0 Å². The molecule has 2 aliphatic heterocycles. The maximum absolute atomic E-state index is 14.8. The number of hydrogen-bond donors (Lipinski definition) is 0. The highest BCUT2D eigenvalue weighted by Crippen LogP contribution is 2.33. The van der Waals surface area contributed by atoms with Crippen LogP contribution in [-0.4, -0.2) is 52.1 Å². The molecule has 8 heteroatoms. The molecule has 1 amide bonds. The molecule has 4 aromatic rings. The van der Waals surface area contributed by atoms with Crippen LogP contribution < -0.4 is 0 Å². The van der Waals surface area contributed by atoms with Gasteiger partial charge in [0.1, 0.15) is 17.5 Å². The maximum atomic E-state index is 14.8. The van der Waals surface area contributed by atoms with Gasteiger partial charge in [-0.15, -0.1) is 0 Å². The summed E-state index contributed by atoms with van der Waals surface area (Å²) in [6.07, 6.45) is 2.15. The number of halogens is 3. The van der Waals surface area contributed by atoms with Gasteiger partial charge in [0.2, 0.25) is 0 Å². The molecule has 3 heterocycles. The van der Waals surface area contributed by atoms with Gasteiger partial charge < -0.3 is 4.90 Å². The second-order valence-corrected chi connectivity index (χ2v) is 10.0. The lowest BCUT2D eigenvalue weighted by molar-refractivity contribution is 0.0768. The molecule has 0 N–H and O–H groups in total. The number of fused-ring (bicyclic) bond motifs is 2. The molecule has 1 aromatic heterocycles. The Morgan fingerprint density at radius 3 is 2.46 bits per heavy atom. The molecule has 3 aromatic carbocycles. The average Bonchev–Trinajstić information content (AvgIpc) is 3.46. The lowest BCUT2D eigenvalue weighted by atomic mass is 10.0. The van der Waals surface area contributed by atoms with Crippen LogP contribution >= 0.6 is 0 Å².